The first-order valence-electron chi connectivity index (χ1n) is 3.67. The Kier molecular flexibility index (Phi) is 3.08. The van der Waals surface area contributed by atoms with Gasteiger partial charge in [0.05, 0.1) is 0 Å². The molecule has 0 saturated heterocycles. The maximum absolute atomic E-state index is 10.1. The Morgan fingerprint density at radius 2 is 2.17 bits per heavy atom. The first kappa shape index (κ1) is 8.53. The van der Waals surface area contributed by atoms with Crippen molar-refractivity contribution >= 4 is 6.47 Å². The molecule has 0 atom stereocenters. The Hall–Kier alpha value is -1.57. The van der Waals surface area contributed by atoms with Crippen molar-refractivity contribution in [2.24, 2.45) is 0 Å². The third kappa shape index (κ3) is 1.95. The number of ether oxygens (including phenoxy) is 1. The minimum absolute atomic E-state index is 0.432. The summed E-state index contributed by atoms with van der Waals surface area (Å²) in [5.74, 6) is 0.604. The molecule has 0 bridgehead atoms. The van der Waals surface area contributed by atoms with Gasteiger partial charge < -0.3 is 4.74 Å². The molecule has 0 radical (unpaired) electrons. The fourth-order valence-corrected chi connectivity index (χ4v) is 0.995. The number of allylic oxidation sites excluding steroid dienone is 1. The summed E-state index contributed by atoms with van der Waals surface area (Å²) in [7, 11) is 0. The summed E-state index contributed by atoms with van der Waals surface area (Å²) >= 11 is 0. The quantitative estimate of drug-likeness (QED) is 0.499. The van der Waals surface area contributed by atoms with Gasteiger partial charge in [-0.1, -0.05) is 24.3 Å². The third-order valence-electron chi connectivity index (χ3n) is 1.51. The standard InChI is InChI=1S/C10H10O2/c1-2-5-9-6-3-4-7-10(9)12-8-11/h2-4,6-8H,1,5H2. The second kappa shape index (κ2) is 4.34. The third-order valence-corrected chi connectivity index (χ3v) is 1.51. The molecule has 0 unspecified atom stereocenters. The number of para-hydroxylation sites is 1. The number of carbonyl (C=O) groups is 1. The SMILES string of the molecule is C=CCc1ccccc1OC=O. The molecule has 0 amide bonds. The van der Waals surface area contributed by atoms with Gasteiger partial charge in [-0.05, 0) is 18.1 Å². The van der Waals surface area contributed by atoms with E-state index in [1.807, 2.05) is 18.2 Å². The zero-order valence-electron chi connectivity index (χ0n) is 6.69. The smallest absolute Gasteiger partial charge is 0.298 e. The zero-order valence-corrected chi connectivity index (χ0v) is 6.69. The van der Waals surface area contributed by atoms with Gasteiger partial charge in [-0.15, -0.1) is 6.58 Å². The van der Waals surface area contributed by atoms with E-state index in [4.69, 9.17) is 4.74 Å². The van der Waals surface area contributed by atoms with E-state index in [1.54, 1.807) is 12.1 Å². The summed E-state index contributed by atoms with van der Waals surface area (Å²) < 4.78 is 4.76. The van der Waals surface area contributed by atoms with E-state index in [1.165, 1.54) is 0 Å². The van der Waals surface area contributed by atoms with E-state index in [2.05, 4.69) is 6.58 Å². The highest BCUT2D eigenvalue weighted by Crippen LogP contribution is 2.17. The van der Waals surface area contributed by atoms with E-state index in [0.29, 0.717) is 18.6 Å². The van der Waals surface area contributed by atoms with E-state index < -0.39 is 0 Å². The largest absolute Gasteiger partial charge is 0.428 e. The summed E-state index contributed by atoms with van der Waals surface area (Å²) in [5, 5.41) is 0. The van der Waals surface area contributed by atoms with Gasteiger partial charge in [-0.25, -0.2) is 0 Å². The van der Waals surface area contributed by atoms with Crippen LogP contribution in [0.5, 0.6) is 5.75 Å². The molecule has 0 aliphatic heterocycles. The van der Waals surface area contributed by atoms with Crippen LogP contribution in [0.4, 0.5) is 0 Å². The summed E-state index contributed by atoms with van der Waals surface area (Å²) in [6.45, 7) is 4.05. The van der Waals surface area contributed by atoms with Crippen molar-refractivity contribution in [1.29, 1.82) is 0 Å². The molecule has 0 fully saturated rings. The average Bonchev–Trinajstić information content (AvgIpc) is 2.09. The predicted molar refractivity (Wildman–Crippen MR) is 47.0 cm³/mol. The van der Waals surface area contributed by atoms with Crippen LogP contribution in [0.15, 0.2) is 36.9 Å². The van der Waals surface area contributed by atoms with Crippen LogP contribution in [0, 0.1) is 0 Å². The van der Waals surface area contributed by atoms with Gasteiger partial charge in [0, 0.05) is 0 Å². The second-order valence-electron chi connectivity index (χ2n) is 2.31. The molecule has 0 spiro atoms. The van der Waals surface area contributed by atoms with Crippen LogP contribution in [0.1, 0.15) is 5.56 Å². The molecule has 0 heterocycles. The molecule has 1 rings (SSSR count). The lowest BCUT2D eigenvalue weighted by atomic mass is 10.1. The van der Waals surface area contributed by atoms with Crippen molar-refractivity contribution in [1.82, 2.24) is 0 Å². The predicted octanol–water partition coefficient (Wildman–Crippen LogP) is 1.95. The minimum atomic E-state index is 0.432. The van der Waals surface area contributed by atoms with Crippen LogP contribution < -0.4 is 4.74 Å². The Morgan fingerprint density at radius 1 is 1.42 bits per heavy atom. The van der Waals surface area contributed by atoms with Gasteiger partial charge in [0.15, 0.2) is 0 Å². The van der Waals surface area contributed by atoms with Crippen molar-refractivity contribution in [3.8, 4) is 5.75 Å². The summed E-state index contributed by atoms with van der Waals surface area (Å²) in [6, 6.07) is 7.38. The van der Waals surface area contributed by atoms with Crippen LogP contribution in [0.3, 0.4) is 0 Å². The molecule has 0 aliphatic rings. The van der Waals surface area contributed by atoms with Crippen LogP contribution in [-0.4, -0.2) is 6.47 Å². The lowest BCUT2D eigenvalue weighted by molar-refractivity contribution is -0.120. The fraction of sp³-hybridized carbons (Fsp3) is 0.100. The first-order valence-corrected chi connectivity index (χ1v) is 3.67. The normalized spacial score (nSPS) is 9.00. The number of benzene rings is 1. The molecule has 1 aromatic carbocycles. The number of carbonyl (C=O) groups excluding carboxylic acids is 1. The lowest BCUT2D eigenvalue weighted by Gasteiger charge is -2.03. The lowest BCUT2D eigenvalue weighted by Crippen LogP contribution is -1.93. The number of hydrogen-bond acceptors (Lipinski definition) is 2. The molecular formula is C10H10O2. The highest BCUT2D eigenvalue weighted by Gasteiger charge is 1.98. The van der Waals surface area contributed by atoms with Gasteiger partial charge in [0.25, 0.3) is 6.47 Å². The number of rotatable bonds is 4. The van der Waals surface area contributed by atoms with Crippen LogP contribution >= 0.6 is 0 Å². The summed E-state index contributed by atoms with van der Waals surface area (Å²) in [6.07, 6.45) is 2.48. The molecule has 62 valence electrons. The number of hydrogen-bond donors (Lipinski definition) is 0. The van der Waals surface area contributed by atoms with Crippen LogP contribution in [0.25, 0.3) is 0 Å². The average molecular weight is 162 g/mol. The van der Waals surface area contributed by atoms with Gasteiger partial charge in [-0.3, -0.25) is 4.79 Å². The zero-order chi connectivity index (χ0) is 8.81. The van der Waals surface area contributed by atoms with Gasteiger partial charge in [0.2, 0.25) is 0 Å². The Labute approximate surface area is 71.5 Å². The summed E-state index contributed by atoms with van der Waals surface area (Å²) in [4.78, 5) is 10.1. The molecule has 0 saturated carbocycles. The maximum atomic E-state index is 10.1. The van der Waals surface area contributed by atoms with Gasteiger partial charge in [-0.2, -0.15) is 0 Å². The highest BCUT2D eigenvalue weighted by molar-refractivity contribution is 5.48. The Balaban J connectivity index is 2.90. The van der Waals surface area contributed by atoms with Gasteiger partial charge in [0.1, 0.15) is 5.75 Å². The van der Waals surface area contributed by atoms with E-state index in [-0.39, 0.29) is 0 Å². The van der Waals surface area contributed by atoms with Crippen molar-refractivity contribution in [3.63, 3.8) is 0 Å². The molecule has 0 aliphatic carbocycles. The van der Waals surface area contributed by atoms with Crippen LogP contribution in [0.2, 0.25) is 0 Å². The minimum Gasteiger partial charge on any atom is -0.428 e. The van der Waals surface area contributed by atoms with E-state index in [0.717, 1.165) is 5.56 Å². The molecule has 2 nitrogen and oxygen atoms in total. The fourth-order valence-electron chi connectivity index (χ4n) is 0.995. The highest BCUT2D eigenvalue weighted by atomic mass is 16.5. The monoisotopic (exact) mass is 162 g/mol. The molecular weight excluding hydrogens is 152 g/mol. The Morgan fingerprint density at radius 3 is 2.83 bits per heavy atom. The molecule has 0 aromatic heterocycles. The van der Waals surface area contributed by atoms with Crippen LogP contribution in [-0.2, 0) is 11.2 Å². The van der Waals surface area contributed by atoms with Crippen molar-refractivity contribution < 1.29 is 9.53 Å². The second-order valence-corrected chi connectivity index (χ2v) is 2.31. The van der Waals surface area contributed by atoms with Crippen molar-refractivity contribution in [2.45, 2.75) is 6.42 Å². The first-order chi connectivity index (χ1) is 5.88. The van der Waals surface area contributed by atoms with Gasteiger partial charge >= 0.3 is 0 Å². The molecule has 0 N–H and O–H groups in total. The summed E-state index contributed by atoms with van der Waals surface area (Å²) in [5.41, 5.74) is 0.972. The molecule has 12 heavy (non-hydrogen) atoms. The van der Waals surface area contributed by atoms with E-state index >= 15 is 0 Å². The topological polar surface area (TPSA) is 26.3 Å². The molecule has 1 aromatic rings. The maximum Gasteiger partial charge on any atom is 0.298 e. The van der Waals surface area contributed by atoms with E-state index in [9.17, 15) is 4.79 Å². The Bertz CT molecular complexity index is 250. The van der Waals surface area contributed by atoms with Crippen molar-refractivity contribution in [3.05, 3.63) is 42.5 Å². The van der Waals surface area contributed by atoms with Crippen molar-refractivity contribution in [2.75, 3.05) is 0 Å². The molecule has 2 heteroatoms.